The number of carboxylic acid groups (broad SMARTS) is 1. The molecular formula is C13H15NO3S. The summed E-state index contributed by atoms with van der Waals surface area (Å²) in [5.41, 5.74) is 2.39. The monoisotopic (exact) mass is 265 g/mol. The van der Waals surface area contributed by atoms with E-state index in [0.29, 0.717) is 11.4 Å². The Kier molecular flexibility index (Phi) is 5.45. The number of carbonyl (C=O) groups excluding carboxylic acids is 1. The second-order valence-electron chi connectivity index (χ2n) is 3.73. The molecule has 2 N–H and O–H groups in total. The van der Waals surface area contributed by atoms with Crippen molar-refractivity contribution in [1.29, 1.82) is 0 Å². The van der Waals surface area contributed by atoms with Gasteiger partial charge in [-0.2, -0.15) is 11.8 Å². The minimum Gasteiger partial charge on any atom is -0.478 e. The molecule has 0 aromatic heterocycles. The number of carboxylic acids is 1. The first-order valence-electron chi connectivity index (χ1n) is 5.33. The van der Waals surface area contributed by atoms with Gasteiger partial charge in [-0.1, -0.05) is 12.1 Å². The van der Waals surface area contributed by atoms with Crippen molar-refractivity contribution in [2.45, 2.75) is 6.92 Å². The van der Waals surface area contributed by atoms with E-state index in [1.165, 1.54) is 17.8 Å². The molecule has 0 unspecified atom stereocenters. The average molecular weight is 265 g/mol. The number of carbonyl (C=O) groups is 2. The first-order chi connectivity index (χ1) is 8.52. The Balaban J connectivity index is 2.87. The van der Waals surface area contributed by atoms with Crippen molar-refractivity contribution >= 4 is 35.4 Å². The minimum atomic E-state index is -0.997. The molecule has 0 radical (unpaired) electrons. The largest absolute Gasteiger partial charge is 0.478 e. The zero-order valence-electron chi connectivity index (χ0n) is 10.3. The van der Waals surface area contributed by atoms with Crippen LogP contribution >= 0.6 is 11.8 Å². The molecule has 4 nitrogen and oxygen atoms in total. The van der Waals surface area contributed by atoms with Gasteiger partial charge in [0.25, 0.3) is 0 Å². The molecule has 0 atom stereocenters. The molecule has 0 spiro atoms. The molecule has 1 rings (SSSR count). The van der Waals surface area contributed by atoms with E-state index in [2.05, 4.69) is 5.32 Å². The van der Waals surface area contributed by atoms with Gasteiger partial charge in [-0.25, -0.2) is 4.79 Å². The number of hydrogen-bond donors (Lipinski definition) is 2. The highest BCUT2D eigenvalue weighted by molar-refractivity contribution is 7.99. The predicted octanol–water partition coefficient (Wildman–Crippen LogP) is 2.39. The third kappa shape index (κ3) is 4.63. The van der Waals surface area contributed by atoms with Gasteiger partial charge in [-0.3, -0.25) is 4.79 Å². The molecule has 0 saturated carbocycles. The Morgan fingerprint density at radius 1 is 1.44 bits per heavy atom. The number of rotatable bonds is 5. The van der Waals surface area contributed by atoms with Crippen LogP contribution in [0.15, 0.2) is 24.3 Å². The van der Waals surface area contributed by atoms with Gasteiger partial charge in [0.1, 0.15) is 0 Å². The second kappa shape index (κ2) is 6.86. The van der Waals surface area contributed by atoms with Gasteiger partial charge in [0.2, 0.25) is 5.91 Å². The van der Waals surface area contributed by atoms with E-state index < -0.39 is 5.97 Å². The smallest absolute Gasteiger partial charge is 0.328 e. The summed E-state index contributed by atoms with van der Waals surface area (Å²) >= 11 is 1.45. The van der Waals surface area contributed by atoms with Crippen LogP contribution in [0, 0.1) is 6.92 Å². The molecule has 1 aromatic carbocycles. The summed E-state index contributed by atoms with van der Waals surface area (Å²) in [5.74, 6) is -0.664. The fraction of sp³-hybridized carbons (Fsp3) is 0.231. The second-order valence-corrected chi connectivity index (χ2v) is 4.59. The number of amides is 1. The van der Waals surface area contributed by atoms with Crippen LogP contribution in [0.25, 0.3) is 6.08 Å². The Morgan fingerprint density at radius 3 is 2.78 bits per heavy atom. The van der Waals surface area contributed by atoms with Crippen LogP contribution in [0.5, 0.6) is 0 Å². The van der Waals surface area contributed by atoms with Crippen LogP contribution in [-0.2, 0) is 9.59 Å². The van der Waals surface area contributed by atoms with Gasteiger partial charge in [-0.15, -0.1) is 0 Å². The van der Waals surface area contributed by atoms with E-state index in [4.69, 9.17) is 5.11 Å². The molecule has 0 bridgehead atoms. The number of aliphatic carboxylic acids is 1. The lowest BCUT2D eigenvalue weighted by atomic mass is 10.1. The molecule has 1 amide bonds. The number of aryl methyl sites for hydroxylation is 1. The van der Waals surface area contributed by atoms with Gasteiger partial charge in [0, 0.05) is 11.8 Å². The molecule has 5 heteroatoms. The van der Waals surface area contributed by atoms with Crippen molar-refractivity contribution in [1.82, 2.24) is 0 Å². The summed E-state index contributed by atoms with van der Waals surface area (Å²) in [6.07, 6.45) is 4.42. The molecule has 0 aliphatic carbocycles. The lowest BCUT2D eigenvalue weighted by molar-refractivity contribution is -0.131. The van der Waals surface area contributed by atoms with Crippen molar-refractivity contribution in [3.8, 4) is 0 Å². The highest BCUT2D eigenvalue weighted by Crippen LogP contribution is 2.18. The van der Waals surface area contributed by atoms with E-state index in [1.807, 2.05) is 19.2 Å². The molecule has 96 valence electrons. The minimum absolute atomic E-state index is 0.0648. The van der Waals surface area contributed by atoms with E-state index in [1.54, 1.807) is 12.1 Å². The predicted molar refractivity (Wildman–Crippen MR) is 74.9 cm³/mol. The summed E-state index contributed by atoms with van der Waals surface area (Å²) in [7, 11) is 0. The summed E-state index contributed by atoms with van der Waals surface area (Å²) in [4.78, 5) is 21.9. The normalized spacial score (nSPS) is 10.6. The third-order valence-electron chi connectivity index (χ3n) is 2.23. The molecule has 1 aromatic rings. The first kappa shape index (κ1) is 14.3. The van der Waals surface area contributed by atoms with Crippen molar-refractivity contribution in [2.75, 3.05) is 17.3 Å². The van der Waals surface area contributed by atoms with Crippen molar-refractivity contribution < 1.29 is 14.7 Å². The van der Waals surface area contributed by atoms with E-state index in [0.717, 1.165) is 17.2 Å². The van der Waals surface area contributed by atoms with Crippen molar-refractivity contribution in [2.24, 2.45) is 0 Å². The number of nitrogens with one attached hydrogen (secondary N) is 1. The lowest BCUT2D eigenvalue weighted by Gasteiger charge is -2.08. The summed E-state index contributed by atoms with van der Waals surface area (Å²) < 4.78 is 0. The maximum absolute atomic E-state index is 11.5. The SMILES string of the molecule is CSCC(=O)Nc1cc(C=CC(=O)O)ccc1C. The lowest BCUT2D eigenvalue weighted by Crippen LogP contribution is -2.14. The van der Waals surface area contributed by atoms with Crippen LogP contribution in [0.4, 0.5) is 5.69 Å². The summed E-state index contributed by atoms with van der Waals surface area (Å²) in [6, 6.07) is 5.40. The van der Waals surface area contributed by atoms with Gasteiger partial charge >= 0.3 is 5.97 Å². The summed E-state index contributed by atoms with van der Waals surface area (Å²) in [6.45, 7) is 1.89. The average Bonchev–Trinajstić information content (AvgIpc) is 2.30. The molecule has 0 heterocycles. The standard InChI is InChI=1S/C13H15NO3S/c1-9-3-4-10(5-6-13(16)17)7-11(9)14-12(15)8-18-2/h3-7H,8H2,1-2H3,(H,14,15)(H,16,17). The first-order valence-corrected chi connectivity index (χ1v) is 6.72. The molecular weight excluding hydrogens is 250 g/mol. The van der Waals surface area contributed by atoms with Gasteiger partial charge < -0.3 is 10.4 Å². The fourth-order valence-electron chi connectivity index (χ4n) is 1.36. The number of benzene rings is 1. The molecule has 18 heavy (non-hydrogen) atoms. The van der Waals surface area contributed by atoms with Crippen LogP contribution in [-0.4, -0.2) is 29.0 Å². The molecule has 0 fully saturated rings. The zero-order chi connectivity index (χ0) is 13.5. The molecule has 0 aliphatic heterocycles. The highest BCUT2D eigenvalue weighted by atomic mass is 32.2. The van der Waals surface area contributed by atoms with Crippen LogP contribution in [0.3, 0.4) is 0 Å². The van der Waals surface area contributed by atoms with E-state index >= 15 is 0 Å². The van der Waals surface area contributed by atoms with Gasteiger partial charge in [0.15, 0.2) is 0 Å². The van der Waals surface area contributed by atoms with E-state index in [9.17, 15) is 9.59 Å². The zero-order valence-corrected chi connectivity index (χ0v) is 11.1. The third-order valence-corrected chi connectivity index (χ3v) is 2.78. The Morgan fingerprint density at radius 2 is 2.17 bits per heavy atom. The molecule has 0 saturated heterocycles. The Bertz CT molecular complexity index is 483. The van der Waals surface area contributed by atoms with Crippen LogP contribution in [0.1, 0.15) is 11.1 Å². The quantitative estimate of drug-likeness (QED) is 0.802. The van der Waals surface area contributed by atoms with Crippen LogP contribution in [0.2, 0.25) is 0 Å². The number of thioether (sulfide) groups is 1. The fourth-order valence-corrected chi connectivity index (χ4v) is 1.70. The number of hydrogen-bond acceptors (Lipinski definition) is 3. The van der Waals surface area contributed by atoms with E-state index in [-0.39, 0.29) is 5.91 Å². The highest BCUT2D eigenvalue weighted by Gasteiger charge is 2.04. The van der Waals surface area contributed by atoms with Crippen LogP contribution < -0.4 is 5.32 Å². The maximum atomic E-state index is 11.5. The summed E-state index contributed by atoms with van der Waals surface area (Å²) in [5, 5.41) is 11.4. The number of anilines is 1. The molecule has 0 aliphatic rings. The van der Waals surface area contributed by atoms with Crippen molar-refractivity contribution in [3.05, 3.63) is 35.4 Å². The van der Waals surface area contributed by atoms with Gasteiger partial charge in [0.05, 0.1) is 5.75 Å². The van der Waals surface area contributed by atoms with Crippen molar-refractivity contribution in [3.63, 3.8) is 0 Å². The van der Waals surface area contributed by atoms with Gasteiger partial charge in [-0.05, 0) is 36.4 Å². The maximum Gasteiger partial charge on any atom is 0.328 e. The topological polar surface area (TPSA) is 66.4 Å². The Labute approximate surface area is 110 Å². The Hall–Kier alpha value is -1.75.